The highest BCUT2D eigenvalue weighted by molar-refractivity contribution is 5.85. The number of alkyl halides is 8. The summed E-state index contributed by atoms with van der Waals surface area (Å²) in [6.45, 7) is 2.89. The Morgan fingerprint density at radius 1 is 0.778 bits per heavy atom. The molecule has 0 aliphatic heterocycles. The van der Waals surface area contributed by atoms with Crippen molar-refractivity contribution in [3.8, 4) is 0 Å². The normalized spacial score (nSPS) is 12.6. The number of carbonyl (C=O) groups is 4. The summed E-state index contributed by atoms with van der Waals surface area (Å²) in [6.07, 6.45) is -8.05. The first kappa shape index (κ1) is 33.3. The number of halogens is 8. The van der Waals surface area contributed by atoms with E-state index in [9.17, 15) is 54.3 Å². The number of rotatable bonds is 14. The van der Waals surface area contributed by atoms with E-state index in [0.29, 0.717) is 6.92 Å². The van der Waals surface area contributed by atoms with Gasteiger partial charge in [-0.25, -0.2) is 28.4 Å². The zero-order valence-corrected chi connectivity index (χ0v) is 20.0. The van der Waals surface area contributed by atoms with Crippen LogP contribution in [0.1, 0.15) is 78.6 Å². The predicted octanol–water partition coefficient (Wildman–Crippen LogP) is 4.06. The number of carbonyl (C=O) groups excluding carboxylic acids is 4. The van der Waals surface area contributed by atoms with E-state index in [1.54, 1.807) is 10.9 Å². The molecule has 4 amide bonds. The number of hydrazine groups is 2. The lowest BCUT2D eigenvalue weighted by molar-refractivity contribution is -0.159. The summed E-state index contributed by atoms with van der Waals surface area (Å²) in [6, 6.07) is -4.15. The van der Waals surface area contributed by atoms with Crippen molar-refractivity contribution in [1.82, 2.24) is 21.3 Å². The van der Waals surface area contributed by atoms with E-state index >= 15 is 0 Å². The molecule has 0 fully saturated rings. The monoisotopic (exact) mass is 542 g/mol. The number of amides is 4. The molecule has 0 unspecified atom stereocenters. The van der Waals surface area contributed by atoms with Crippen LogP contribution >= 0.6 is 0 Å². The van der Waals surface area contributed by atoms with Crippen LogP contribution in [0.3, 0.4) is 0 Å². The Hall–Kier alpha value is -2.68. The van der Waals surface area contributed by atoms with Gasteiger partial charge in [-0.3, -0.25) is 24.5 Å². The fourth-order valence-electron chi connectivity index (χ4n) is 2.51. The van der Waals surface area contributed by atoms with Gasteiger partial charge >= 0.3 is 12.0 Å². The first-order chi connectivity index (χ1) is 16.2. The van der Waals surface area contributed by atoms with Gasteiger partial charge < -0.3 is 0 Å². The van der Waals surface area contributed by atoms with Gasteiger partial charge in [-0.05, 0) is 19.8 Å². The van der Waals surface area contributed by atoms with Crippen LogP contribution < -0.4 is 16.2 Å². The maximum atomic E-state index is 13.9. The van der Waals surface area contributed by atoms with E-state index in [1.807, 2.05) is 0 Å². The third-order valence-electron chi connectivity index (χ3n) is 4.52. The molecule has 210 valence electrons. The zero-order chi connectivity index (χ0) is 28.4. The molecule has 8 nitrogen and oxygen atoms in total. The Labute approximate surface area is 202 Å². The summed E-state index contributed by atoms with van der Waals surface area (Å²) in [5, 5.41) is 0.881. The summed E-state index contributed by atoms with van der Waals surface area (Å²) < 4.78 is 107. The van der Waals surface area contributed by atoms with Crippen molar-refractivity contribution in [2.24, 2.45) is 0 Å². The van der Waals surface area contributed by atoms with Gasteiger partial charge in [-0.15, -0.1) is 0 Å². The number of hydrogen-bond acceptors (Lipinski definition) is 4. The Morgan fingerprint density at radius 3 is 1.83 bits per heavy atom. The topological polar surface area (TPSA) is 108 Å². The van der Waals surface area contributed by atoms with Crippen molar-refractivity contribution < 1.29 is 54.3 Å². The number of nitrogens with zero attached hydrogens (tertiary/aromatic N) is 1. The third-order valence-corrected chi connectivity index (χ3v) is 4.52. The Morgan fingerprint density at radius 2 is 1.33 bits per heavy atom. The van der Waals surface area contributed by atoms with Crippen LogP contribution in [0, 0.1) is 0 Å². The highest BCUT2D eigenvalue weighted by Crippen LogP contribution is 2.25. The molecular formula is C20H30F8N4O4. The molecule has 0 aromatic carbocycles. The summed E-state index contributed by atoms with van der Waals surface area (Å²) in [7, 11) is 0. The molecule has 16 heteroatoms. The van der Waals surface area contributed by atoms with Crippen molar-refractivity contribution in [3.05, 3.63) is 0 Å². The van der Waals surface area contributed by atoms with Gasteiger partial charge in [-0.1, -0.05) is 13.8 Å². The Kier molecular flexibility index (Phi) is 12.6. The maximum absolute atomic E-state index is 13.9. The highest BCUT2D eigenvalue weighted by Gasteiger charge is 2.43. The fraction of sp³-hybridized carbons (Fsp3) is 0.800. The standard InChI is InChI=1S/C20H30F8N4O4/c1-4-9-19(25,26)16(36)29-20(27,28)10-6-7-15(35)32(30-13(33)8-11-17(3,21)22)31-14(34)12-18(23,24)5-2/h4-12H2,1-3H3,(H,29,36)(H,30,33)(H,31,34). The lowest BCUT2D eigenvalue weighted by atomic mass is 10.1. The molecule has 0 atom stereocenters. The molecule has 0 spiro atoms. The predicted molar refractivity (Wildman–Crippen MR) is 110 cm³/mol. The second-order valence-electron chi connectivity index (χ2n) is 8.22. The van der Waals surface area contributed by atoms with E-state index in [2.05, 4.69) is 0 Å². The van der Waals surface area contributed by atoms with Crippen LogP contribution in [0.25, 0.3) is 0 Å². The quantitative estimate of drug-likeness (QED) is 0.175. The number of hydrogen-bond donors (Lipinski definition) is 3. The minimum Gasteiger partial charge on any atom is -0.292 e. The van der Waals surface area contributed by atoms with Gasteiger partial charge in [0.25, 0.3) is 17.7 Å². The molecule has 3 N–H and O–H groups in total. The number of nitrogens with one attached hydrogen (secondary N) is 3. The largest absolute Gasteiger partial charge is 0.325 e. The van der Waals surface area contributed by atoms with E-state index in [0.717, 1.165) is 12.2 Å². The Balaban J connectivity index is 5.18. The zero-order valence-electron chi connectivity index (χ0n) is 20.0. The van der Waals surface area contributed by atoms with Crippen LogP contribution in [-0.4, -0.2) is 52.6 Å². The molecule has 0 heterocycles. The van der Waals surface area contributed by atoms with E-state index < -0.39 is 98.8 Å². The smallest absolute Gasteiger partial charge is 0.292 e. The average molecular weight is 542 g/mol. The molecule has 0 rings (SSSR count). The average Bonchev–Trinajstić information content (AvgIpc) is 2.70. The first-order valence-corrected chi connectivity index (χ1v) is 11.0. The fourth-order valence-corrected chi connectivity index (χ4v) is 2.51. The molecule has 0 saturated heterocycles. The van der Waals surface area contributed by atoms with Crippen LogP contribution in [0.15, 0.2) is 0 Å². The minimum atomic E-state index is -4.15. The van der Waals surface area contributed by atoms with Gasteiger partial charge in [-0.2, -0.15) is 22.7 Å². The molecule has 0 aromatic heterocycles. The summed E-state index contributed by atoms with van der Waals surface area (Å²) in [5.41, 5.74) is 3.35. The van der Waals surface area contributed by atoms with Crippen LogP contribution in [0.5, 0.6) is 0 Å². The summed E-state index contributed by atoms with van der Waals surface area (Å²) >= 11 is 0. The molecule has 0 bridgehead atoms. The van der Waals surface area contributed by atoms with Crippen molar-refractivity contribution in [1.29, 1.82) is 0 Å². The molecule has 0 saturated carbocycles. The van der Waals surface area contributed by atoms with Crippen molar-refractivity contribution >= 4 is 23.6 Å². The maximum Gasteiger partial charge on any atom is 0.325 e. The summed E-state index contributed by atoms with van der Waals surface area (Å²) in [5.74, 6) is -17.0. The second-order valence-corrected chi connectivity index (χ2v) is 8.22. The van der Waals surface area contributed by atoms with E-state index in [1.165, 1.54) is 6.92 Å². The van der Waals surface area contributed by atoms with Gasteiger partial charge in [0.05, 0.1) is 6.42 Å². The van der Waals surface area contributed by atoms with Crippen LogP contribution in [0.2, 0.25) is 0 Å². The molecular weight excluding hydrogens is 512 g/mol. The molecule has 0 aliphatic rings. The first-order valence-electron chi connectivity index (χ1n) is 11.0. The van der Waals surface area contributed by atoms with Gasteiger partial charge in [0.15, 0.2) is 0 Å². The van der Waals surface area contributed by atoms with E-state index in [-0.39, 0.29) is 11.5 Å². The lowest BCUT2D eigenvalue weighted by Gasteiger charge is -2.25. The van der Waals surface area contributed by atoms with Gasteiger partial charge in [0.2, 0.25) is 17.7 Å². The summed E-state index contributed by atoms with van der Waals surface area (Å²) in [4.78, 5) is 47.4. The molecule has 0 aromatic rings. The minimum absolute atomic E-state index is 0.0103. The van der Waals surface area contributed by atoms with E-state index in [4.69, 9.17) is 0 Å². The van der Waals surface area contributed by atoms with Crippen LogP contribution in [-0.2, 0) is 19.2 Å². The molecule has 36 heavy (non-hydrogen) atoms. The highest BCUT2D eigenvalue weighted by atomic mass is 19.3. The van der Waals surface area contributed by atoms with Crippen molar-refractivity contribution in [3.63, 3.8) is 0 Å². The van der Waals surface area contributed by atoms with Gasteiger partial charge in [0, 0.05) is 38.5 Å². The Bertz CT molecular complexity index is 775. The lowest BCUT2D eigenvalue weighted by Crippen LogP contribution is -2.56. The third kappa shape index (κ3) is 14.0. The SMILES string of the molecule is CCCC(F)(F)C(=O)NC(F)(F)CCCC(=O)N(NC(=O)CCC(C)(F)F)NC(=O)CC(F)(F)CC. The van der Waals surface area contributed by atoms with Gasteiger partial charge in [0.1, 0.15) is 0 Å². The van der Waals surface area contributed by atoms with Crippen LogP contribution in [0.4, 0.5) is 35.1 Å². The second kappa shape index (κ2) is 13.6. The van der Waals surface area contributed by atoms with Crippen molar-refractivity contribution in [2.75, 3.05) is 0 Å². The molecule has 0 radical (unpaired) electrons. The molecule has 0 aliphatic carbocycles. The van der Waals surface area contributed by atoms with Crippen molar-refractivity contribution in [2.45, 2.75) is 102 Å².